The van der Waals surface area contributed by atoms with Gasteiger partial charge in [-0.3, -0.25) is 4.79 Å². The lowest BCUT2D eigenvalue weighted by molar-refractivity contribution is 0.100. The van der Waals surface area contributed by atoms with E-state index in [0.717, 1.165) is 10.4 Å². The SMILES string of the molecule is NC(=O)c1c(N)sc2c1CCCN(C(=O)O)C2. The number of primary amides is 1. The normalized spacial score (nSPS) is 15.2. The largest absolute Gasteiger partial charge is 0.465 e. The van der Waals surface area contributed by atoms with Crippen LogP contribution in [0.25, 0.3) is 0 Å². The van der Waals surface area contributed by atoms with Gasteiger partial charge in [0.15, 0.2) is 0 Å². The molecule has 0 saturated carbocycles. The van der Waals surface area contributed by atoms with Gasteiger partial charge >= 0.3 is 6.09 Å². The van der Waals surface area contributed by atoms with Gasteiger partial charge in [-0.25, -0.2) is 4.79 Å². The highest BCUT2D eigenvalue weighted by Gasteiger charge is 2.25. The molecule has 0 unspecified atom stereocenters. The van der Waals surface area contributed by atoms with Gasteiger partial charge in [-0.2, -0.15) is 0 Å². The molecular formula is C10H13N3O3S. The van der Waals surface area contributed by atoms with Gasteiger partial charge in [0.25, 0.3) is 5.91 Å². The Morgan fingerprint density at radius 1 is 1.41 bits per heavy atom. The second kappa shape index (κ2) is 4.25. The molecule has 0 radical (unpaired) electrons. The minimum atomic E-state index is -0.953. The number of rotatable bonds is 1. The van der Waals surface area contributed by atoms with E-state index in [-0.39, 0.29) is 6.54 Å². The van der Waals surface area contributed by atoms with E-state index >= 15 is 0 Å². The summed E-state index contributed by atoms with van der Waals surface area (Å²) in [6.45, 7) is 0.752. The van der Waals surface area contributed by atoms with Crippen LogP contribution < -0.4 is 11.5 Å². The molecule has 0 aliphatic carbocycles. The van der Waals surface area contributed by atoms with Gasteiger partial charge < -0.3 is 21.5 Å². The molecule has 92 valence electrons. The lowest BCUT2D eigenvalue weighted by atomic mass is 10.1. The quantitative estimate of drug-likeness (QED) is 0.691. The summed E-state index contributed by atoms with van der Waals surface area (Å²) in [4.78, 5) is 24.4. The Balaban J connectivity index is 2.41. The van der Waals surface area contributed by atoms with Crippen molar-refractivity contribution in [2.75, 3.05) is 12.3 Å². The molecule has 7 heteroatoms. The maximum absolute atomic E-state index is 11.3. The molecule has 1 aromatic rings. The molecule has 6 nitrogen and oxygen atoms in total. The Bertz CT molecular complexity index is 483. The Morgan fingerprint density at radius 3 is 2.71 bits per heavy atom. The number of nitrogen functional groups attached to an aromatic ring is 1. The van der Waals surface area contributed by atoms with Gasteiger partial charge in [0.1, 0.15) is 0 Å². The van der Waals surface area contributed by atoms with Crippen LogP contribution in [-0.2, 0) is 13.0 Å². The maximum Gasteiger partial charge on any atom is 0.407 e. The first-order chi connectivity index (χ1) is 8.00. The summed E-state index contributed by atoms with van der Waals surface area (Å²) < 4.78 is 0. The van der Waals surface area contributed by atoms with Crippen LogP contribution in [0, 0.1) is 0 Å². The molecule has 17 heavy (non-hydrogen) atoms. The van der Waals surface area contributed by atoms with Crippen LogP contribution in [0.5, 0.6) is 0 Å². The zero-order valence-electron chi connectivity index (χ0n) is 9.10. The Labute approximate surface area is 102 Å². The summed E-state index contributed by atoms with van der Waals surface area (Å²) in [7, 11) is 0. The predicted octanol–water partition coefficient (Wildman–Crippen LogP) is 0.855. The zero-order chi connectivity index (χ0) is 12.6. The van der Waals surface area contributed by atoms with Crippen molar-refractivity contribution in [3.05, 3.63) is 16.0 Å². The monoisotopic (exact) mass is 255 g/mol. The molecule has 2 heterocycles. The number of carboxylic acid groups (broad SMARTS) is 1. The number of anilines is 1. The lowest BCUT2D eigenvalue weighted by Gasteiger charge is -2.15. The molecule has 0 aromatic carbocycles. The number of amides is 2. The van der Waals surface area contributed by atoms with Crippen LogP contribution in [0.15, 0.2) is 0 Å². The van der Waals surface area contributed by atoms with Crippen molar-refractivity contribution in [1.29, 1.82) is 0 Å². The molecule has 2 amide bonds. The Morgan fingerprint density at radius 2 is 2.12 bits per heavy atom. The smallest absolute Gasteiger partial charge is 0.407 e. The first-order valence-electron chi connectivity index (χ1n) is 5.18. The standard InChI is InChI=1S/C10H13N3O3S/c11-8(14)7-5-2-1-3-13(10(15)16)4-6(5)17-9(7)12/h1-4,12H2,(H2,11,14)(H,15,16). The van der Waals surface area contributed by atoms with E-state index in [9.17, 15) is 9.59 Å². The van der Waals surface area contributed by atoms with E-state index in [1.165, 1.54) is 16.2 Å². The number of carbonyl (C=O) groups excluding carboxylic acids is 1. The first kappa shape index (κ1) is 11.7. The van der Waals surface area contributed by atoms with Gasteiger partial charge in [-0.15, -0.1) is 11.3 Å². The van der Waals surface area contributed by atoms with E-state index in [1.54, 1.807) is 0 Å². The van der Waals surface area contributed by atoms with Crippen LogP contribution in [0.1, 0.15) is 27.2 Å². The fourth-order valence-corrected chi connectivity index (χ4v) is 3.20. The van der Waals surface area contributed by atoms with Crippen LogP contribution in [-0.4, -0.2) is 28.6 Å². The lowest BCUT2D eigenvalue weighted by Crippen LogP contribution is -2.28. The highest BCUT2D eigenvalue weighted by molar-refractivity contribution is 7.16. The number of hydrogen-bond acceptors (Lipinski definition) is 4. The van der Waals surface area contributed by atoms with E-state index < -0.39 is 12.0 Å². The number of fused-ring (bicyclic) bond motifs is 1. The fourth-order valence-electron chi connectivity index (χ4n) is 2.06. The van der Waals surface area contributed by atoms with Crippen LogP contribution >= 0.6 is 11.3 Å². The van der Waals surface area contributed by atoms with E-state index in [1.807, 2.05) is 0 Å². The van der Waals surface area contributed by atoms with Crippen molar-refractivity contribution in [3.63, 3.8) is 0 Å². The third kappa shape index (κ3) is 2.05. The van der Waals surface area contributed by atoms with Gasteiger partial charge in [0.05, 0.1) is 17.1 Å². The van der Waals surface area contributed by atoms with Crippen LogP contribution in [0.3, 0.4) is 0 Å². The summed E-state index contributed by atoms with van der Waals surface area (Å²) in [5.41, 5.74) is 12.2. The Hall–Kier alpha value is -1.76. The predicted molar refractivity (Wildman–Crippen MR) is 64.0 cm³/mol. The highest BCUT2D eigenvalue weighted by Crippen LogP contribution is 2.34. The zero-order valence-corrected chi connectivity index (χ0v) is 9.92. The van der Waals surface area contributed by atoms with Gasteiger partial charge in [0.2, 0.25) is 0 Å². The molecule has 0 fully saturated rings. The molecule has 2 rings (SSSR count). The molecule has 0 saturated heterocycles. The van der Waals surface area contributed by atoms with E-state index in [4.69, 9.17) is 16.6 Å². The number of nitrogens with two attached hydrogens (primary N) is 2. The van der Waals surface area contributed by atoms with Crippen molar-refractivity contribution in [2.24, 2.45) is 5.73 Å². The number of thiophene rings is 1. The molecule has 0 spiro atoms. The molecule has 1 aromatic heterocycles. The fraction of sp³-hybridized carbons (Fsp3) is 0.400. The summed E-state index contributed by atoms with van der Waals surface area (Å²) >= 11 is 1.25. The van der Waals surface area contributed by atoms with Crippen molar-refractivity contribution in [3.8, 4) is 0 Å². The molecule has 1 aliphatic heterocycles. The van der Waals surface area contributed by atoms with Gasteiger partial charge in [0, 0.05) is 11.4 Å². The molecule has 5 N–H and O–H groups in total. The van der Waals surface area contributed by atoms with Gasteiger partial charge in [-0.05, 0) is 18.4 Å². The van der Waals surface area contributed by atoms with Crippen molar-refractivity contribution >= 4 is 28.3 Å². The average Bonchev–Trinajstić information content (AvgIpc) is 2.42. The van der Waals surface area contributed by atoms with Crippen LogP contribution in [0.4, 0.5) is 9.80 Å². The second-order valence-electron chi connectivity index (χ2n) is 3.91. The summed E-state index contributed by atoms with van der Waals surface area (Å²) in [5.74, 6) is -0.538. The third-order valence-electron chi connectivity index (χ3n) is 2.82. The summed E-state index contributed by atoms with van der Waals surface area (Å²) in [5, 5.41) is 9.37. The average molecular weight is 255 g/mol. The number of carbonyl (C=O) groups is 2. The minimum absolute atomic E-state index is 0.285. The van der Waals surface area contributed by atoms with Crippen molar-refractivity contribution in [2.45, 2.75) is 19.4 Å². The molecule has 0 bridgehead atoms. The molecular weight excluding hydrogens is 242 g/mol. The third-order valence-corrected chi connectivity index (χ3v) is 3.87. The van der Waals surface area contributed by atoms with Crippen molar-refractivity contribution < 1.29 is 14.7 Å². The first-order valence-corrected chi connectivity index (χ1v) is 6.00. The highest BCUT2D eigenvalue weighted by atomic mass is 32.1. The summed E-state index contributed by atoms with van der Waals surface area (Å²) in [6, 6.07) is 0. The Kier molecular flexibility index (Phi) is 2.93. The van der Waals surface area contributed by atoms with Crippen molar-refractivity contribution in [1.82, 2.24) is 4.90 Å². The topological polar surface area (TPSA) is 110 Å². The molecule has 0 atom stereocenters. The summed E-state index contributed by atoms with van der Waals surface area (Å²) in [6.07, 6.45) is 0.367. The van der Waals surface area contributed by atoms with E-state index in [0.29, 0.717) is 30.0 Å². The minimum Gasteiger partial charge on any atom is -0.465 e. The van der Waals surface area contributed by atoms with Gasteiger partial charge in [-0.1, -0.05) is 0 Å². The van der Waals surface area contributed by atoms with Crippen LogP contribution in [0.2, 0.25) is 0 Å². The molecule has 1 aliphatic rings. The van der Waals surface area contributed by atoms with E-state index in [2.05, 4.69) is 0 Å². The number of hydrogen-bond donors (Lipinski definition) is 3. The number of nitrogens with zero attached hydrogens (tertiary/aromatic N) is 1. The maximum atomic E-state index is 11.3. The second-order valence-corrected chi connectivity index (χ2v) is 5.05.